The van der Waals surface area contributed by atoms with Crippen LogP contribution < -0.4 is 10.3 Å². The summed E-state index contributed by atoms with van der Waals surface area (Å²) in [6.07, 6.45) is -0.319. The standard InChI is InChI=1S/C18H20N2O6S/c1-12-8-14(9-17(21)19(12)2)26-15-10-20(11-15)27(23,24)16-6-4-13(5-7-16)18(22)25-3/h4-9,15H,10-11H2,1-3H3. The van der Waals surface area contributed by atoms with E-state index < -0.39 is 16.0 Å². The van der Waals surface area contributed by atoms with Gasteiger partial charge >= 0.3 is 5.97 Å². The summed E-state index contributed by atoms with van der Waals surface area (Å²) in [4.78, 5) is 23.3. The molecule has 27 heavy (non-hydrogen) atoms. The third-order valence-corrected chi connectivity index (χ3v) is 6.35. The van der Waals surface area contributed by atoms with E-state index in [0.29, 0.717) is 5.75 Å². The van der Waals surface area contributed by atoms with E-state index in [-0.39, 0.29) is 35.2 Å². The summed E-state index contributed by atoms with van der Waals surface area (Å²) in [5.74, 6) is -0.0965. The van der Waals surface area contributed by atoms with Crippen molar-refractivity contribution in [3.05, 3.63) is 58.0 Å². The fraction of sp³-hybridized carbons (Fsp3) is 0.333. The Hall–Kier alpha value is -2.65. The third kappa shape index (κ3) is 3.74. The van der Waals surface area contributed by atoms with Crippen molar-refractivity contribution in [1.29, 1.82) is 0 Å². The highest BCUT2D eigenvalue weighted by molar-refractivity contribution is 7.89. The summed E-state index contributed by atoms with van der Waals surface area (Å²) in [6, 6.07) is 8.70. The zero-order chi connectivity index (χ0) is 19.8. The fourth-order valence-corrected chi connectivity index (χ4v) is 4.20. The van der Waals surface area contributed by atoms with Gasteiger partial charge in [0.15, 0.2) is 0 Å². The molecule has 0 spiro atoms. The highest BCUT2D eigenvalue weighted by atomic mass is 32.2. The topological polar surface area (TPSA) is 94.9 Å². The first-order chi connectivity index (χ1) is 12.7. The summed E-state index contributed by atoms with van der Waals surface area (Å²) in [5.41, 5.74) is 0.855. The first kappa shape index (κ1) is 19.1. The van der Waals surface area contributed by atoms with E-state index in [4.69, 9.17) is 4.74 Å². The summed E-state index contributed by atoms with van der Waals surface area (Å²) in [6.45, 7) is 2.18. The van der Waals surface area contributed by atoms with E-state index in [2.05, 4.69) is 4.74 Å². The molecule has 0 unspecified atom stereocenters. The molecule has 0 atom stereocenters. The Labute approximate surface area is 157 Å². The Bertz CT molecular complexity index is 1020. The fourth-order valence-electron chi connectivity index (χ4n) is 2.70. The van der Waals surface area contributed by atoms with Gasteiger partial charge in [-0.15, -0.1) is 0 Å². The van der Waals surface area contributed by atoms with Gasteiger partial charge in [0, 0.05) is 18.8 Å². The van der Waals surface area contributed by atoms with Crippen LogP contribution in [0.25, 0.3) is 0 Å². The number of hydrogen-bond donors (Lipinski definition) is 0. The maximum atomic E-state index is 12.6. The van der Waals surface area contributed by atoms with Crippen LogP contribution in [0.5, 0.6) is 5.75 Å². The van der Waals surface area contributed by atoms with Gasteiger partial charge in [-0.1, -0.05) is 0 Å². The highest BCUT2D eigenvalue weighted by Crippen LogP contribution is 2.25. The lowest BCUT2D eigenvalue weighted by molar-refractivity contribution is 0.0600. The van der Waals surface area contributed by atoms with Crippen molar-refractivity contribution in [2.24, 2.45) is 7.05 Å². The number of hydrogen-bond acceptors (Lipinski definition) is 6. The first-order valence-corrected chi connectivity index (χ1v) is 9.69. The molecule has 0 bridgehead atoms. The van der Waals surface area contributed by atoms with Gasteiger partial charge in [0.1, 0.15) is 11.9 Å². The minimum atomic E-state index is -3.66. The maximum absolute atomic E-state index is 12.6. The number of aryl methyl sites for hydroxylation is 1. The summed E-state index contributed by atoms with van der Waals surface area (Å²) in [5, 5.41) is 0. The van der Waals surface area contributed by atoms with Gasteiger partial charge in [-0.25, -0.2) is 13.2 Å². The van der Waals surface area contributed by atoms with Crippen molar-refractivity contribution in [3.63, 3.8) is 0 Å². The molecule has 0 aliphatic carbocycles. The quantitative estimate of drug-likeness (QED) is 0.703. The lowest BCUT2D eigenvalue weighted by atomic mass is 10.2. The SMILES string of the molecule is COC(=O)c1ccc(S(=O)(=O)N2CC(Oc3cc(C)n(C)c(=O)c3)C2)cc1. The van der Waals surface area contributed by atoms with Gasteiger partial charge < -0.3 is 14.0 Å². The predicted octanol–water partition coefficient (Wildman–Crippen LogP) is 0.932. The molecule has 9 heteroatoms. The molecule has 3 rings (SSSR count). The van der Waals surface area contributed by atoms with Gasteiger partial charge in [-0.3, -0.25) is 4.79 Å². The number of benzene rings is 1. The molecule has 2 aromatic rings. The monoisotopic (exact) mass is 392 g/mol. The number of rotatable bonds is 5. The predicted molar refractivity (Wildman–Crippen MR) is 97.4 cm³/mol. The van der Waals surface area contributed by atoms with Crippen LogP contribution in [0.15, 0.2) is 46.1 Å². The van der Waals surface area contributed by atoms with E-state index in [1.165, 1.54) is 46.3 Å². The summed E-state index contributed by atoms with van der Waals surface area (Å²) < 4.78 is 38.3. The molecule has 1 aromatic carbocycles. The molecule has 0 amide bonds. The Kier molecular flexibility index (Phi) is 5.07. The van der Waals surface area contributed by atoms with Crippen LogP contribution in [0.1, 0.15) is 16.1 Å². The molecule has 0 N–H and O–H groups in total. The summed E-state index contributed by atoms with van der Waals surface area (Å²) >= 11 is 0. The molecule has 0 radical (unpaired) electrons. The molecule has 8 nitrogen and oxygen atoms in total. The zero-order valence-corrected chi connectivity index (χ0v) is 16.0. The van der Waals surface area contributed by atoms with Crippen molar-refractivity contribution in [1.82, 2.24) is 8.87 Å². The molecule has 0 saturated carbocycles. The minimum absolute atomic E-state index is 0.0954. The number of ether oxygens (including phenoxy) is 2. The average molecular weight is 392 g/mol. The third-order valence-electron chi connectivity index (χ3n) is 4.51. The van der Waals surface area contributed by atoms with Crippen molar-refractivity contribution in [2.45, 2.75) is 17.9 Å². The smallest absolute Gasteiger partial charge is 0.337 e. The number of esters is 1. The largest absolute Gasteiger partial charge is 0.487 e. The molecule has 1 aliphatic rings. The molecular formula is C18H20N2O6S. The second-order valence-electron chi connectivity index (χ2n) is 6.31. The van der Waals surface area contributed by atoms with Gasteiger partial charge in [0.05, 0.1) is 30.7 Å². The van der Waals surface area contributed by atoms with Crippen LogP contribution in [0.2, 0.25) is 0 Å². The minimum Gasteiger partial charge on any atom is -0.487 e. The van der Waals surface area contributed by atoms with Crippen LogP contribution >= 0.6 is 0 Å². The van der Waals surface area contributed by atoms with Crippen LogP contribution in [0.4, 0.5) is 0 Å². The van der Waals surface area contributed by atoms with Crippen molar-refractivity contribution in [3.8, 4) is 5.75 Å². The number of aromatic nitrogens is 1. The first-order valence-electron chi connectivity index (χ1n) is 8.25. The molecule has 1 saturated heterocycles. The number of methoxy groups -OCH3 is 1. The zero-order valence-electron chi connectivity index (χ0n) is 15.2. The number of carbonyl (C=O) groups is 1. The molecule has 1 fully saturated rings. The van der Waals surface area contributed by atoms with Crippen LogP contribution in [0.3, 0.4) is 0 Å². The highest BCUT2D eigenvalue weighted by Gasteiger charge is 2.38. The lowest BCUT2D eigenvalue weighted by Crippen LogP contribution is -2.56. The van der Waals surface area contributed by atoms with E-state index >= 15 is 0 Å². The maximum Gasteiger partial charge on any atom is 0.337 e. The van der Waals surface area contributed by atoms with E-state index in [1.807, 2.05) is 0 Å². The van der Waals surface area contributed by atoms with Gasteiger partial charge in [0.25, 0.3) is 5.56 Å². The van der Waals surface area contributed by atoms with E-state index in [9.17, 15) is 18.0 Å². The van der Waals surface area contributed by atoms with Crippen molar-refractivity contribution >= 4 is 16.0 Å². The van der Waals surface area contributed by atoms with Gasteiger partial charge in [-0.05, 0) is 37.3 Å². The van der Waals surface area contributed by atoms with Crippen molar-refractivity contribution in [2.75, 3.05) is 20.2 Å². The lowest BCUT2D eigenvalue weighted by Gasteiger charge is -2.37. The van der Waals surface area contributed by atoms with Crippen molar-refractivity contribution < 1.29 is 22.7 Å². The molecule has 2 heterocycles. The average Bonchev–Trinajstić information content (AvgIpc) is 2.61. The Morgan fingerprint density at radius 3 is 2.33 bits per heavy atom. The normalized spacial score (nSPS) is 15.2. The van der Waals surface area contributed by atoms with Crippen LogP contribution in [-0.2, 0) is 21.8 Å². The van der Waals surface area contributed by atoms with Crippen LogP contribution in [-0.4, -0.2) is 49.6 Å². The Morgan fingerprint density at radius 1 is 1.15 bits per heavy atom. The Morgan fingerprint density at radius 2 is 1.78 bits per heavy atom. The van der Waals surface area contributed by atoms with E-state index in [0.717, 1.165) is 5.69 Å². The number of carbonyl (C=O) groups excluding carboxylic acids is 1. The number of pyridine rings is 1. The number of sulfonamides is 1. The van der Waals surface area contributed by atoms with Gasteiger partial charge in [0.2, 0.25) is 10.0 Å². The second-order valence-corrected chi connectivity index (χ2v) is 8.25. The second kappa shape index (κ2) is 7.16. The molecule has 1 aromatic heterocycles. The van der Waals surface area contributed by atoms with E-state index in [1.54, 1.807) is 20.0 Å². The molecular weight excluding hydrogens is 372 g/mol. The summed E-state index contributed by atoms with van der Waals surface area (Å²) in [7, 11) is -0.732. The Balaban J connectivity index is 1.66. The van der Waals surface area contributed by atoms with Crippen LogP contribution in [0, 0.1) is 6.92 Å². The van der Waals surface area contributed by atoms with Gasteiger partial charge in [-0.2, -0.15) is 4.31 Å². The molecule has 1 aliphatic heterocycles. The molecule has 144 valence electrons. The number of nitrogens with zero attached hydrogens (tertiary/aromatic N) is 2.